The van der Waals surface area contributed by atoms with Gasteiger partial charge in [0.15, 0.2) is 5.65 Å². The van der Waals surface area contributed by atoms with Gasteiger partial charge in [0.25, 0.3) is 0 Å². The molecule has 4 N–H and O–H groups in total. The molecule has 1 aromatic carbocycles. The van der Waals surface area contributed by atoms with Crippen molar-refractivity contribution in [1.82, 2.24) is 30.0 Å². The Morgan fingerprint density at radius 2 is 1.98 bits per heavy atom. The molecule has 0 radical (unpaired) electrons. The minimum Gasteiger partial charge on any atom is -0.492 e. The topological polar surface area (TPSA) is 121 Å². The van der Waals surface area contributed by atoms with Crippen LogP contribution in [0.2, 0.25) is 0 Å². The van der Waals surface area contributed by atoms with Gasteiger partial charge in [0.05, 0.1) is 22.8 Å². The van der Waals surface area contributed by atoms with Gasteiger partial charge < -0.3 is 15.5 Å². The summed E-state index contributed by atoms with van der Waals surface area (Å²) in [6.45, 7) is 3.55. The van der Waals surface area contributed by atoms with Crippen LogP contribution in [0.3, 0.4) is 0 Å². The minimum atomic E-state index is -0.365. The van der Waals surface area contributed by atoms with Crippen molar-refractivity contribution in [3.05, 3.63) is 78.0 Å². The number of rotatable bonds is 9. The highest BCUT2D eigenvalue weighted by Gasteiger charge is 2.17. The van der Waals surface area contributed by atoms with Crippen LogP contribution in [0.5, 0.6) is 5.75 Å². The van der Waals surface area contributed by atoms with Crippen LogP contribution in [0.1, 0.15) is 31.2 Å². The summed E-state index contributed by atoms with van der Waals surface area (Å²) in [5, 5.41) is 9.20. The van der Waals surface area contributed by atoms with Crippen molar-refractivity contribution in [3.8, 4) is 28.4 Å². The number of fused-ring (bicyclic) bond motifs is 2. The number of hydrogen-bond acceptors (Lipinski definition) is 7. The van der Waals surface area contributed by atoms with E-state index >= 15 is 0 Å². The molecule has 5 heterocycles. The molecule has 0 bridgehead atoms. The number of benzene rings is 1. The van der Waals surface area contributed by atoms with E-state index in [9.17, 15) is 4.39 Å². The normalized spacial score (nSPS) is 15.8. The highest BCUT2D eigenvalue weighted by Crippen LogP contribution is 2.35. The van der Waals surface area contributed by atoms with E-state index in [2.05, 4.69) is 35.0 Å². The van der Waals surface area contributed by atoms with Gasteiger partial charge >= 0.3 is 0 Å². The summed E-state index contributed by atoms with van der Waals surface area (Å²) in [4.78, 5) is 19.5. The van der Waals surface area contributed by atoms with Crippen molar-refractivity contribution in [3.63, 3.8) is 0 Å². The number of aromatic amines is 2. The van der Waals surface area contributed by atoms with Crippen LogP contribution < -0.4 is 10.5 Å². The summed E-state index contributed by atoms with van der Waals surface area (Å²) in [6, 6.07) is 10.6. The molecule has 1 aliphatic heterocycles. The zero-order chi connectivity index (χ0) is 28.5. The second-order valence-electron chi connectivity index (χ2n) is 10.7. The Hall–Kier alpha value is -4.83. The van der Waals surface area contributed by atoms with Crippen LogP contribution in [0.4, 0.5) is 4.39 Å². The third-order valence-corrected chi connectivity index (χ3v) is 7.76. The van der Waals surface area contributed by atoms with Crippen molar-refractivity contribution in [1.29, 1.82) is 0 Å². The van der Waals surface area contributed by atoms with Crippen LogP contribution >= 0.6 is 0 Å². The number of halogens is 1. The Bertz CT molecular complexity index is 1860. The van der Waals surface area contributed by atoms with E-state index in [1.165, 1.54) is 36.7 Å². The number of pyridine rings is 2. The fraction of sp³-hybridized carbons (Fsp3) is 0.250. The van der Waals surface area contributed by atoms with Crippen molar-refractivity contribution < 1.29 is 9.13 Å². The summed E-state index contributed by atoms with van der Waals surface area (Å²) >= 11 is 0. The molecule has 42 heavy (non-hydrogen) atoms. The van der Waals surface area contributed by atoms with E-state index in [1.54, 1.807) is 18.6 Å². The average Bonchev–Trinajstić information content (AvgIpc) is 3.35. The summed E-state index contributed by atoms with van der Waals surface area (Å²) in [5.74, 6) is 0.132. The van der Waals surface area contributed by atoms with Gasteiger partial charge in [-0.15, -0.1) is 0 Å². The van der Waals surface area contributed by atoms with Crippen LogP contribution in [0, 0.1) is 5.82 Å². The largest absolute Gasteiger partial charge is 0.492 e. The Labute approximate surface area is 242 Å². The van der Waals surface area contributed by atoms with Gasteiger partial charge in [0.2, 0.25) is 0 Å². The van der Waals surface area contributed by atoms with E-state index in [4.69, 9.17) is 10.5 Å². The summed E-state index contributed by atoms with van der Waals surface area (Å²) < 4.78 is 20.7. The van der Waals surface area contributed by atoms with Crippen molar-refractivity contribution >= 4 is 33.8 Å². The Morgan fingerprint density at radius 3 is 2.81 bits per heavy atom. The van der Waals surface area contributed by atoms with Gasteiger partial charge in [-0.2, -0.15) is 5.10 Å². The number of nitrogens with one attached hydrogen (secondary N) is 2. The molecular weight excluding hydrogens is 531 g/mol. The average molecular weight is 563 g/mol. The van der Waals surface area contributed by atoms with Gasteiger partial charge in [-0.25, -0.2) is 9.37 Å². The third-order valence-electron chi connectivity index (χ3n) is 7.76. The second kappa shape index (κ2) is 11.2. The minimum absolute atomic E-state index is 0.365. The molecular formula is C32H31FN8O. The Morgan fingerprint density at radius 1 is 1.10 bits per heavy atom. The zero-order valence-electron chi connectivity index (χ0n) is 23.1. The first-order chi connectivity index (χ1) is 20.6. The molecule has 1 saturated carbocycles. The maximum Gasteiger partial charge on any atom is 0.181 e. The summed E-state index contributed by atoms with van der Waals surface area (Å²) in [5.41, 5.74) is 13.0. The van der Waals surface area contributed by atoms with E-state index in [1.807, 2.05) is 30.3 Å². The number of aromatic nitrogens is 5. The van der Waals surface area contributed by atoms with E-state index in [0.717, 1.165) is 65.7 Å². The second-order valence-corrected chi connectivity index (χ2v) is 10.7. The maximum absolute atomic E-state index is 14.7. The molecule has 7 rings (SSSR count). The van der Waals surface area contributed by atoms with Crippen LogP contribution in [-0.4, -0.2) is 62.5 Å². The lowest BCUT2D eigenvalue weighted by Crippen LogP contribution is -2.25. The lowest BCUT2D eigenvalue weighted by atomic mass is 10.1. The zero-order valence-corrected chi connectivity index (χ0v) is 23.1. The van der Waals surface area contributed by atoms with Gasteiger partial charge in [0, 0.05) is 64.8 Å². The van der Waals surface area contributed by atoms with Gasteiger partial charge in [-0.3, -0.25) is 20.0 Å². The van der Waals surface area contributed by atoms with Crippen LogP contribution in [-0.2, 0) is 0 Å². The molecule has 4 aromatic heterocycles. The Kier molecular flexibility index (Phi) is 6.97. The molecule has 2 fully saturated rings. The lowest BCUT2D eigenvalue weighted by Gasteiger charge is -2.15. The van der Waals surface area contributed by atoms with Crippen molar-refractivity contribution in [2.24, 2.45) is 10.7 Å². The molecule has 0 unspecified atom stereocenters. The molecule has 5 aromatic rings. The number of ether oxygens (including phenoxy) is 1. The fourth-order valence-corrected chi connectivity index (χ4v) is 5.42. The summed E-state index contributed by atoms with van der Waals surface area (Å²) in [7, 11) is 0. The molecule has 212 valence electrons. The van der Waals surface area contributed by atoms with Crippen LogP contribution in [0.15, 0.2) is 71.6 Å². The first-order valence-corrected chi connectivity index (χ1v) is 14.3. The molecule has 0 atom stereocenters. The third kappa shape index (κ3) is 5.40. The van der Waals surface area contributed by atoms with Gasteiger partial charge in [0.1, 0.15) is 18.2 Å². The van der Waals surface area contributed by atoms with Crippen molar-refractivity contribution in [2.45, 2.75) is 25.7 Å². The van der Waals surface area contributed by atoms with E-state index in [-0.39, 0.29) is 5.82 Å². The highest BCUT2D eigenvalue weighted by atomic mass is 19.1. The van der Waals surface area contributed by atoms with E-state index < -0.39 is 0 Å². The fourth-order valence-electron chi connectivity index (χ4n) is 5.42. The SMILES string of the molecule is N/C=C(\N=CC=C1CC1)c1cnc2n[nH]c(-c3cc4c(-c5cc(F)cc(OCCN6CCCC6)c5)nccc4[nH]3)c2c1. The summed E-state index contributed by atoms with van der Waals surface area (Å²) in [6.07, 6.45) is 13.4. The van der Waals surface area contributed by atoms with E-state index in [0.29, 0.717) is 35.0 Å². The molecule has 1 saturated heterocycles. The van der Waals surface area contributed by atoms with Gasteiger partial charge in [-0.05, 0) is 75.2 Å². The Balaban J connectivity index is 1.20. The highest BCUT2D eigenvalue weighted by molar-refractivity contribution is 6.00. The number of hydrogen-bond donors (Lipinski definition) is 3. The standard InChI is InChI=1S/C32H31FN8O/c33-23-13-21(14-24(16-23)42-12-11-41-9-1-2-10-41)30-25-17-28(38-27(25)6-8-36-30)31-26-15-22(19-37-32(26)40-39-31)29(18-34)35-7-5-20-3-4-20/h5-8,13-19,38H,1-4,9-12,34H2,(H,37,39,40)/b29-18-,35-7?. The van der Waals surface area contributed by atoms with Crippen LogP contribution in [0.25, 0.3) is 50.3 Å². The first-order valence-electron chi connectivity index (χ1n) is 14.3. The predicted octanol–water partition coefficient (Wildman–Crippen LogP) is 5.83. The smallest absolute Gasteiger partial charge is 0.181 e. The predicted molar refractivity (Wildman–Crippen MR) is 164 cm³/mol. The molecule has 0 spiro atoms. The quantitative estimate of drug-likeness (QED) is 0.194. The number of likely N-dealkylation sites (tertiary alicyclic amines) is 1. The molecule has 10 heteroatoms. The molecule has 1 aliphatic carbocycles. The van der Waals surface area contributed by atoms with Crippen molar-refractivity contribution in [2.75, 3.05) is 26.2 Å². The maximum atomic E-state index is 14.7. The van der Waals surface area contributed by atoms with Gasteiger partial charge in [-0.1, -0.05) is 5.57 Å². The molecule has 2 aliphatic rings. The number of nitrogens with two attached hydrogens (primary N) is 1. The monoisotopic (exact) mass is 562 g/mol. The molecule has 9 nitrogen and oxygen atoms in total. The number of nitrogens with zero attached hydrogens (tertiary/aromatic N) is 5. The molecule has 0 amide bonds. The number of H-pyrrole nitrogens is 2. The lowest BCUT2D eigenvalue weighted by molar-refractivity contribution is 0.237. The number of allylic oxidation sites excluding steroid dienone is 2. The first kappa shape index (κ1) is 26.1. The number of aliphatic imine (C=N–C) groups is 1.